The molecule has 0 unspecified atom stereocenters. The fraction of sp³-hybridized carbons (Fsp3) is 0.583. The summed E-state index contributed by atoms with van der Waals surface area (Å²) in [5, 5.41) is 2.04. The van der Waals surface area contributed by atoms with Crippen molar-refractivity contribution in [2.75, 3.05) is 0 Å². The van der Waals surface area contributed by atoms with Crippen LogP contribution in [0.1, 0.15) is 31.1 Å². The van der Waals surface area contributed by atoms with Crippen molar-refractivity contribution >= 4 is 17.1 Å². The maximum absolute atomic E-state index is 11.8. The molecular weight excluding hydrogens is 224 g/mol. The molecule has 16 heavy (non-hydrogen) atoms. The van der Waals surface area contributed by atoms with Crippen LogP contribution < -0.4 is 0 Å². The summed E-state index contributed by atoms with van der Waals surface area (Å²) in [5.74, 6) is -0.269. The molecule has 3 rings (SSSR count). The van der Waals surface area contributed by atoms with Crippen LogP contribution in [0.15, 0.2) is 17.5 Å². The number of ether oxygens (including phenoxy) is 2. The molecule has 1 aliphatic heterocycles. The average Bonchev–Trinajstić information content (AvgIpc) is 2.84. The summed E-state index contributed by atoms with van der Waals surface area (Å²) in [4.78, 5) is 13.1. The Labute approximate surface area is 98.4 Å². The predicted octanol–water partition coefficient (Wildman–Crippen LogP) is 2.32. The second-order valence-electron chi connectivity index (χ2n) is 4.81. The van der Waals surface area contributed by atoms with Crippen molar-refractivity contribution in [1.82, 2.24) is 0 Å². The lowest BCUT2D eigenvalue weighted by atomic mass is 10.0. The fourth-order valence-corrected chi connectivity index (χ4v) is 3.41. The Morgan fingerprint density at radius 2 is 2.25 bits per heavy atom. The Morgan fingerprint density at radius 3 is 2.94 bits per heavy atom. The van der Waals surface area contributed by atoms with Crippen LogP contribution in [0.4, 0.5) is 0 Å². The molecule has 2 fully saturated rings. The number of carbonyl (C=O) groups excluding carboxylic acids is 1. The lowest BCUT2D eigenvalue weighted by molar-refractivity contribution is -0.160. The van der Waals surface area contributed by atoms with Gasteiger partial charge in [-0.2, -0.15) is 0 Å². The van der Waals surface area contributed by atoms with Crippen molar-refractivity contribution in [3.63, 3.8) is 0 Å². The number of thiophene rings is 1. The van der Waals surface area contributed by atoms with Gasteiger partial charge in [-0.25, -0.2) is 0 Å². The van der Waals surface area contributed by atoms with Crippen molar-refractivity contribution in [3.05, 3.63) is 22.4 Å². The summed E-state index contributed by atoms with van der Waals surface area (Å²) in [7, 11) is 0. The SMILES string of the molecule is CC1(C)O[C@@H]2[C@@H](c3cccs3)CC(=O)[C@@H]2O1. The summed E-state index contributed by atoms with van der Waals surface area (Å²) >= 11 is 1.68. The first-order valence-corrected chi connectivity index (χ1v) is 6.36. The molecule has 1 aromatic heterocycles. The molecule has 1 saturated heterocycles. The summed E-state index contributed by atoms with van der Waals surface area (Å²) in [6.07, 6.45) is 0.0922. The maximum Gasteiger partial charge on any atom is 0.165 e. The van der Waals surface area contributed by atoms with Crippen LogP contribution in [0.25, 0.3) is 0 Å². The number of hydrogen-bond acceptors (Lipinski definition) is 4. The van der Waals surface area contributed by atoms with E-state index in [9.17, 15) is 4.79 Å². The topological polar surface area (TPSA) is 35.5 Å². The van der Waals surface area contributed by atoms with E-state index in [4.69, 9.17) is 9.47 Å². The molecule has 1 saturated carbocycles. The van der Waals surface area contributed by atoms with Crippen LogP contribution in [-0.4, -0.2) is 23.8 Å². The van der Waals surface area contributed by atoms with E-state index in [2.05, 4.69) is 6.07 Å². The molecule has 0 N–H and O–H groups in total. The van der Waals surface area contributed by atoms with Crippen molar-refractivity contribution in [3.8, 4) is 0 Å². The first-order valence-electron chi connectivity index (χ1n) is 5.48. The predicted molar refractivity (Wildman–Crippen MR) is 60.5 cm³/mol. The molecule has 3 atom stereocenters. The number of Topliss-reactive ketones (excluding diaryl/α,β-unsaturated/α-hetero) is 1. The third-order valence-corrected chi connectivity index (χ3v) is 4.18. The van der Waals surface area contributed by atoms with Gasteiger partial charge in [0.15, 0.2) is 11.6 Å². The van der Waals surface area contributed by atoms with E-state index >= 15 is 0 Å². The number of rotatable bonds is 1. The van der Waals surface area contributed by atoms with Gasteiger partial charge in [-0.3, -0.25) is 4.79 Å². The van der Waals surface area contributed by atoms with Crippen LogP contribution in [0.2, 0.25) is 0 Å². The van der Waals surface area contributed by atoms with Gasteiger partial charge < -0.3 is 9.47 Å². The van der Waals surface area contributed by atoms with Gasteiger partial charge in [-0.05, 0) is 25.3 Å². The van der Waals surface area contributed by atoms with E-state index in [1.165, 1.54) is 4.88 Å². The van der Waals surface area contributed by atoms with E-state index in [1.54, 1.807) is 11.3 Å². The molecule has 86 valence electrons. The minimum atomic E-state index is -0.624. The van der Waals surface area contributed by atoms with Gasteiger partial charge in [0.2, 0.25) is 0 Å². The second-order valence-corrected chi connectivity index (χ2v) is 5.79. The Balaban J connectivity index is 1.91. The summed E-state index contributed by atoms with van der Waals surface area (Å²) in [6, 6.07) is 4.08. The van der Waals surface area contributed by atoms with Gasteiger partial charge in [0.05, 0.1) is 0 Å². The van der Waals surface area contributed by atoms with Gasteiger partial charge >= 0.3 is 0 Å². The number of hydrogen-bond donors (Lipinski definition) is 0. The smallest absolute Gasteiger partial charge is 0.165 e. The minimum absolute atomic E-state index is 0.0962. The molecule has 2 aliphatic rings. The zero-order chi connectivity index (χ0) is 11.3. The third kappa shape index (κ3) is 1.52. The van der Waals surface area contributed by atoms with E-state index in [0.29, 0.717) is 6.42 Å². The highest BCUT2D eigenvalue weighted by Gasteiger charge is 2.54. The zero-order valence-corrected chi connectivity index (χ0v) is 10.1. The molecule has 2 heterocycles. The molecular formula is C12H14O3S. The third-order valence-electron chi connectivity index (χ3n) is 3.17. The summed E-state index contributed by atoms with van der Waals surface area (Å²) in [5.41, 5.74) is 0. The van der Waals surface area contributed by atoms with E-state index in [-0.39, 0.29) is 23.9 Å². The van der Waals surface area contributed by atoms with Gasteiger partial charge in [-0.1, -0.05) is 6.07 Å². The number of carbonyl (C=O) groups is 1. The zero-order valence-electron chi connectivity index (χ0n) is 9.30. The van der Waals surface area contributed by atoms with Crippen molar-refractivity contribution < 1.29 is 14.3 Å². The molecule has 0 aromatic carbocycles. The van der Waals surface area contributed by atoms with Gasteiger partial charge in [0, 0.05) is 17.2 Å². The van der Waals surface area contributed by atoms with Crippen molar-refractivity contribution in [2.45, 2.75) is 44.2 Å². The lowest BCUT2D eigenvalue weighted by Crippen LogP contribution is -2.25. The Kier molecular flexibility index (Phi) is 2.21. The van der Waals surface area contributed by atoms with E-state index in [1.807, 2.05) is 25.3 Å². The van der Waals surface area contributed by atoms with E-state index < -0.39 is 5.79 Å². The Bertz CT molecular complexity index is 410. The monoisotopic (exact) mass is 238 g/mol. The molecule has 1 aliphatic carbocycles. The standard InChI is InChI=1S/C12H14O3S/c1-12(2)14-10-7(9-4-3-5-16-9)6-8(13)11(10)15-12/h3-5,7,10-11H,6H2,1-2H3/t7-,10-,11+/m1/s1. The highest BCUT2D eigenvalue weighted by Crippen LogP contribution is 2.45. The second kappa shape index (κ2) is 3.39. The highest BCUT2D eigenvalue weighted by atomic mass is 32.1. The quantitative estimate of drug-likeness (QED) is 0.753. The molecule has 0 amide bonds. The highest BCUT2D eigenvalue weighted by molar-refractivity contribution is 7.10. The van der Waals surface area contributed by atoms with E-state index in [0.717, 1.165) is 0 Å². The molecule has 0 radical (unpaired) electrons. The largest absolute Gasteiger partial charge is 0.343 e. The van der Waals surface area contributed by atoms with Crippen molar-refractivity contribution in [2.24, 2.45) is 0 Å². The minimum Gasteiger partial charge on any atom is -0.343 e. The molecule has 0 bridgehead atoms. The van der Waals surface area contributed by atoms with Crippen molar-refractivity contribution in [1.29, 1.82) is 0 Å². The Hall–Kier alpha value is -0.710. The van der Waals surface area contributed by atoms with Gasteiger partial charge in [-0.15, -0.1) is 11.3 Å². The van der Waals surface area contributed by atoms with Crippen LogP contribution >= 0.6 is 11.3 Å². The van der Waals surface area contributed by atoms with Crippen LogP contribution in [-0.2, 0) is 14.3 Å². The lowest BCUT2D eigenvalue weighted by Gasteiger charge is -2.20. The molecule has 3 nitrogen and oxygen atoms in total. The van der Waals surface area contributed by atoms with Crippen LogP contribution in [0.3, 0.4) is 0 Å². The summed E-state index contributed by atoms with van der Waals surface area (Å²) < 4.78 is 11.5. The fourth-order valence-electron chi connectivity index (χ4n) is 2.55. The number of fused-ring (bicyclic) bond motifs is 1. The van der Waals surface area contributed by atoms with Gasteiger partial charge in [0.25, 0.3) is 0 Å². The summed E-state index contributed by atoms with van der Waals surface area (Å²) in [6.45, 7) is 3.73. The van der Waals surface area contributed by atoms with Crippen LogP contribution in [0, 0.1) is 0 Å². The first kappa shape index (κ1) is 10.4. The normalized spacial score (nSPS) is 36.6. The number of ketones is 1. The first-order chi connectivity index (χ1) is 7.57. The molecule has 4 heteroatoms. The molecule has 1 aromatic rings. The molecule has 0 spiro atoms. The average molecular weight is 238 g/mol. The maximum atomic E-state index is 11.8. The van der Waals surface area contributed by atoms with Gasteiger partial charge in [0.1, 0.15) is 12.2 Å². The Morgan fingerprint density at radius 1 is 1.44 bits per heavy atom. The van der Waals surface area contributed by atoms with Crippen LogP contribution in [0.5, 0.6) is 0 Å².